The van der Waals surface area contributed by atoms with Crippen LogP contribution in [0.5, 0.6) is 11.5 Å². The van der Waals surface area contributed by atoms with Crippen molar-refractivity contribution in [3.05, 3.63) is 65.9 Å². The van der Waals surface area contributed by atoms with E-state index in [0.29, 0.717) is 6.54 Å². The summed E-state index contributed by atoms with van der Waals surface area (Å²) in [6.07, 6.45) is 1.78. The van der Waals surface area contributed by atoms with Crippen molar-refractivity contribution in [2.24, 2.45) is 5.73 Å². The van der Waals surface area contributed by atoms with Crippen molar-refractivity contribution in [1.82, 2.24) is 4.98 Å². The normalized spacial score (nSPS) is 10.7. The second-order valence-electron chi connectivity index (χ2n) is 4.78. The maximum absolute atomic E-state index is 5.94. The molecule has 0 aliphatic carbocycles. The summed E-state index contributed by atoms with van der Waals surface area (Å²) in [6.45, 7) is 2.51. The number of aromatic nitrogens is 1. The van der Waals surface area contributed by atoms with Crippen LogP contribution in [-0.4, -0.2) is 4.98 Å². The molecule has 0 unspecified atom stereocenters. The Morgan fingerprint density at radius 3 is 2.85 bits per heavy atom. The molecule has 2 aromatic carbocycles. The molecule has 2 N–H and O–H groups in total. The summed E-state index contributed by atoms with van der Waals surface area (Å²) in [5.74, 6) is 1.57. The molecule has 100 valence electrons. The Labute approximate surface area is 118 Å². The molecule has 3 nitrogen and oxygen atoms in total. The highest BCUT2D eigenvalue weighted by Gasteiger charge is 2.05. The number of pyridine rings is 1. The summed E-state index contributed by atoms with van der Waals surface area (Å²) in [4.78, 5) is 4.34. The summed E-state index contributed by atoms with van der Waals surface area (Å²) in [6, 6.07) is 15.9. The third-order valence-electron chi connectivity index (χ3n) is 3.24. The lowest BCUT2D eigenvalue weighted by molar-refractivity contribution is 0.477. The molecule has 3 aromatic rings. The molecule has 0 spiro atoms. The smallest absolute Gasteiger partial charge is 0.131 e. The average molecular weight is 264 g/mol. The Bertz CT molecular complexity index is 753. The van der Waals surface area contributed by atoms with Gasteiger partial charge in [0.2, 0.25) is 0 Å². The van der Waals surface area contributed by atoms with Crippen LogP contribution in [0.1, 0.15) is 11.1 Å². The Hall–Kier alpha value is -2.39. The van der Waals surface area contributed by atoms with Crippen molar-refractivity contribution < 1.29 is 4.74 Å². The van der Waals surface area contributed by atoms with Gasteiger partial charge in [-0.1, -0.05) is 23.8 Å². The van der Waals surface area contributed by atoms with E-state index in [2.05, 4.69) is 11.1 Å². The number of aryl methyl sites for hydroxylation is 1. The molecule has 0 aliphatic rings. The van der Waals surface area contributed by atoms with E-state index >= 15 is 0 Å². The minimum absolute atomic E-state index is 0.461. The fourth-order valence-electron chi connectivity index (χ4n) is 2.20. The molecule has 0 aliphatic heterocycles. The molecule has 1 aromatic heterocycles. The first-order valence-electron chi connectivity index (χ1n) is 6.58. The second-order valence-corrected chi connectivity index (χ2v) is 4.78. The quantitative estimate of drug-likeness (QED) is 0.782. The van der Waals surface area contributed by atoms with Crippen LogP contribution >= 0.6 is 0 Å². The fraction of sp³-hybridized carbons (Fsp3) is 0.118. The first-order valence-corrected chi connectivity index (χ1v) is 6.58. The maximum Gasteiger partial charge on any atom is 0.131 e. The van der Waals surface area contributed by atoms with Crippen LogP contribution in [0.15, 0.2) is 54.7 Å². The van der Waals surface area contributed by atoms with E-state index in [1.165, 1.54) is 5.56 Å². The third-order valence-corrected chi connectivity index (χ3v) is 3.24. The molecule has 0 fully saturated rings. The van der Waals surface area contributed by atoms with Gasteiger partial charge in [-0.25, -0.2) is 0 Å². The lowest BCUT2D eigenvalue weighted by Gasteiger charge is -2.11. The molecule has 0 atom stereocenters. The van der Waals surface area contributed by atoms with Gasteiger partial charge in [0.25, 0.3) is 0 Å². The second kappa shape index (κ2) is 5.31. The van der Waals surface area contributed by atoms with Crippen molar-refractivity contribution in [2.75, 3.05) is 0 Å². The number of nitrogens with zero attached hydrogens (tertiary/aromatic N) is 1. The largest absolute Gasteiger partial charge is 0.457 e. The van der Waals surface area contributed by atoms with E-state index in [0.717, 1.165) is 28.0 Å². The van der Waals surface area contributed by atoms with Crippen LogP contribution < -0.4 is 10.5 Å². The maximum atomic E-state index is 5.94. The summed E-state index contributed by atoms with van der Waals surface area (Å²) < 4.78 is 5.94. The highest BCUT2D eigenvalue weighted by atomic mass is 16.5. The summed E-state index contributed by atoms with van der Waals surface area (Å²) in [7, 11) is 0. The molecule has 0 amide bonds. The molecule has 0 radical (unpaired) electrons. The van der Waals surface area contributed by atoms with Gasteiger partial charge in [0.1, 0.15) is 11.5 Å². The van der Waals surface area contributed by atoms with Crippen molar-refractivity contribution in [2.45, 2.75) is 13.5 Å². The number of hydrogen-bond acceptors (Lipinski definition) is 3. The number of rotatable bonds is 3. The number of nitrogens with two attached hydrogens (primary N) is 1. The molecule has 0 bridgehead atoms. The molecular formula is C17H16N2O. The van der Waals surface area contributed by atoms with Gasteiger partial charge in [-0.2, -0.15) is 0 Å². The SMILES string of the molecule is Cc1ccc(Oc2ccc3cccnc3c2)c(CN)c1. The Kier molecular flexibility index (Phi) is 3.35. The molecule has 3 heteroatoms. The molecule has 20 heavy (non-hydrogen) atoms. The first kappa shape index (κ1) is 12.6. The van der Waals surface area contributed by atoms with Gasteiger partial charge in [0.05, 0.1) is 5.52 Å². The molecular weight excluding hydrogens is 248 g/mol. The van der Waals surface area contributed by atoms with Crippen molar-refractivity contribution in [1.29, 1.82) is 0 Å². The van der Waals surface area contributed by atoms with E-state index in [-0.39, 0.29) is 0 Å². The van der Waals surface area contributed by atoms with E-state index in [1.807, 2.05) is 49.4 Å². The van der Waals surface area contributed by atoms with Crippen LogP contribution in [0.3, 0.4) is 0 Å². The highest BCUT2D eigenvalue weighted by molar-refractivity contribution is 5.79. The van der Waals surface area contributed by atoms with E-state index in [9.17, 15) is 0 Å². The van der Waals surface area contributed by atoms with E-state index in [1.54, 1.807) is 6.20 Å². The molecule has 1 heterocycles. The lowest BCUT2D eigenvalue weighted by atomic mass is 10.1. The predicted octanol–water partition coefficient (Wildman–Crippen LogP) is 3.79. The van der Waals surface area contributed by atoms with Crippen LogP contribution in [0, 0.1) is 6.92 Å². The first-order chi connectivity index (χ1) is 9.76. The number of ether oxygens (including phenoxy) is 1. The van der Waals surface area contributed by atoms with E-state index in [4.69, 9.17) is 10.5 Å². The van der Waals surface area contributed by atoms with Crippen molar-refractivity contribution >= 4 is 10.9 Å². The van der Waals surface area contributed by atoms with Gasteiger partial charge >= 0.3 is 0 Å². The Morgan fingerprint density at radius 1 is 1.10 bits per heavy atom. The van der Waals surface area contributed by atoms with Gasteiger partial charge in [-0.15, -0.1) is 0 Å². The standard InChI is InChI=1S/C17H16N2O/c1-12-4-7-17(14(9-12)11-18)20-15-6-5-13-3-2-8-19-16(13)10-15/h2-10H,11,18H2,1H3. The predicted molar refractivity (Wildman–Crippen MR) is 80.9 cm³/mol. The number of hydrogen-bond donors (Lipinski definition) is 1. The zero-order valence-corrected chi connectivity index (χ0v) is 11.3. The van der Waals surface area contributed by atoms with Gasteiger partial charge in [-0.05, 0) is 31.2 Å². The molecule has 3 rings (SSSR count). The third kappa shape index (κ3) is 2.49. The van der Waals surface area contributed by atoms with Gasteiger partial charge in [-0.3, -0.25) is 4.98 Å². The Balaban J connectivity index is 1.96. The summed E-state index contributed by atoms with van der Waals surface area (Å²) >= 11 is 0. The highest BCUT2D eigenvalue weighted by Crippen LogP contribution is 2.28. The average Bonchev–Trinajstić information content (AvgIpc) is 2.49. The monoisotopic (exact) mass is 264 g/mol. The zero-order chi connectivity index (χ0) is 13.9. The van der Waals surface area contributed by atoms with Gasteiger partial charge < -0.3 is 10.5 Å². The minimum Gasteiger partial charge on any atom is -0.457 e. The Morgan fingerprint density at radius 2 is 2.00 bits per heavy atom. The van der Waals surface area contributed by atoms with Crippen LogP contribution in [0.4, 0.5) is 0 Å². The van der Waals surface area contributed by atoms with Crippen LogP contribution in [-0.2, 0) is 6.54 Å². The molecule has 0 saturated heterocycles. The van der Waals surface area contributed by atoms with E-state index < -0.39 is 0 Å². The zero-order valence-electron chi connectivity index (χ0n) is 11.3. The lowest BCUT2D eigenvalue weighted by Crippen LogP contribution is -2.00. The van der Waals surface area contributed by atoms with Gasteiger partial charge in [0.15, 0.2) is 0 Å². The number of benzene rings is 2. The van der Waals surface area contributed by atoms with Gasteiger partial charge in [0, 0.05) is 29.8 Å². The van der Waals surface area contributed by atoms with Crippen LogP contribution in [0.25, 0.3) is 10.9 Å². The minimum atomic E-state index is 0.461. The molecule has 0 saturated carbocycles. The van der Waals surface area contributed by atoms with Crippen molar-refractivity contribution in [3.63, 3.8) is 0 Å². The summed E-state index contributed by atoms with van der Waals surface area (Å²) in [5.41, 5.74) is 8.88. The fourth-order valence-corrected chi connectivity index (χ4v) is 2.20. The van der Waals surface area contributed by atoms with Crippen LogP contribution in [0.2, 0.25) is 0 Å². The number of fused-ring (bicyclic) bond motifs is 1. The topological polar surface area (TPSA) is 48.1 Å². The summed E-state index contributed by atoms with van der Waals surface area (Å²) in [5, 5.41) is 1.10. The van der Waals surface area contributed by atoms with Crippen molar-refractivity contribution in [3.8, 4) is 11.5 Å².